The zero-order valence-corrected chi connectivity index (χ0v) is 17.7. The molecular weight excluding hydrogens is 416 g/mol. The number of carbonyl (C=O) groups excluding carboxylic acids is 2. The van der Waals surface area contributed by atoms with Crippen LogP contribution in [0.1, 0.15) is 40.7 Å². The first kappa shape index (κ1) is 19.2. The van der Waals surface area contributed by atoms with Crippen LogP contribution in [0, 0.1) is 12.8 Å². The van der Waals surface area contributed by atoms with Gasteiger partial charge in [0.15, 0.2) is 0 Å². The van der Waals surface area contributed by atoms with Crippen molar-refractivity contribution in [3.63, 3.8) is 0 Å². The molecule has 0 N–H and O–H groups in total. The van der Waals surface area contributed by atoms with Gasteiger partial charge in [0.05, 0.1) is 6.04 Å². The Kier molecular flexibility index (Phi) is 5.54. The highest BCUT2D eigenvalue weighted by atomic mass is 79.9. The number of benzene rings is 2. The lowest BCUT2D eigenvalue weighted by molar-refractivity contribution is -0.133. The van der Waals surface area contributed by atoms with E-state index in [9.17, 15) is 9.59 Å². The monoisotopic (exact) mass is 440 g/mol. The zero-order chi connectivity index (χ0) is 19.7. The molecule has 2 saturated heterocycles. The molecule has 2 aromatic carbocycles. The van der Waals surface area contributed by atoms with Crippen molar-refractivity contribution in [2.75, 3.05) is 13.1 Å². The Balaban J connectivity index is 1.55. The first-order valence-corrected chi connectivity index (χ1v) is 10.7. The highest BCUT2D eigenvalue weighted by molar-refractivity contribution is 9.10. The van der Waals surface area contributed by atoms with Crippen LogP contribution in [0.4, 0.5) is 0 Å². The van der Waals surface area contributed by atoms with Crippen LogP contribution in [-0.4, -0.2) is 40.7 Å². The fraction of sp³-hybridized carbons (Fsp3) is 0.391. The van der Waals surface area contributed by atoms with Crippen LogP contribution in [0.25, 0.3) is 0 Å². The molecule has 4 rings (SSSR count). The third-order valence-electron chi connectivity index (χ3n) is 5.99. The standard InChI is InChI=1S/C23H25BrN2O2/c1-16-10-11-18(12-20(16)24)23(28)25-14-19-8-5-9-22(27)26(21(19)15-25)13-17-6-3-2-4-7-17/h2-4,6-7,10-12,19,21H,5,8-9,13-15H2,1H3/t19-,21+/m1/s1. The molecule has 146 valence electrons. The topological polar surface area (TPSA) is 40.6 Å². The third-order valence-corrected chi connectivity index (χ3v) is 6.85. The second-order valence-electron chi connectivity index (χ2n) is 7.90. The van der Waals surface area contributed by atoms with Crippen LogP contribution in [-0.2, 0) is 11.3 Å². The van der Waals surface area contributed by atoms with E-state index in [1.165, 1.54) is 0 Å². The summed E-state index contributed by atoms with van der Waals surface area (Å²) in [6.07, 6.45) is 2.52. The number of hydrogen-bond acceptors (Lipinski definition) is 2. The van der Waals surface area contributed by atoms with E-state index in [1.54, 1.807) is 0 Å². The van der Waals surface area contributed by atoms with Crippen molar-refractivity contribution >= 4 is 27.7 Å². The van der Waals surface area contributed by atoms with E-state index in [0.29, 0.717) is 31.0 Å². The van der Waals surface area contributed by atoms with Gasteiger partial charge in [-0.05, 0) is 48.9 Å². The molecule has 2 aromatic rings. The summed E-state index contributed by atoms with van der Waals surface area (Å²) >= 11 is 3.53. The summed E-state index contributed by atoms with van der Waals surface area (Å²) in [6.45, 7) is 3.99. The van der Waals surface area contributed by atoms with Crippen LogP contribution in [0.3, 0.4) is 0 Å². The van der Waals surface area contributed by atoms with E-state index in [-0.39, 0.29) is 17.9 Å². The number of nitrogens with zero attached hydrogens (tertiary/aromatic N) is 2. The number of rotatable bonds is 3. The number of halogens is 1. The van der Waals surface area contributed by atoms with Gasteiger partial charge in [-0.2, -0.15) is 0 Å². The highest BCUT2D eigenvalue weighted by Gasteiger charge is 2.41. The molecule has 2 atom stereocenters. The van der Waals surface area contributed by atoms with Crippen molar-refractivity contribution in [1.82, 2.24) is 9.80 Å². The molecule has 0 radical (unpaired) electrons. The summed E-state index contributed by atoms with van der Waals surface area (Å²) in [6, 6.07) is 16.0. The van der Waals surface area contributed by atoms with E-state index >= 15 is 0 Å². The summed E-state index contributed by atoms with van der Waals surface area (Å²) in [4.78, 5) is 29.8. The Bertz CT molecular complexity index is 883. The molecule has 4 nitrogen and oxygen atoms in total. The molecule has 0 aliphatic carbocycles. The van der Waals surface area contributed by atoms with Crippen molar-refractivity contribution in [1.29, 1.82) is 0 Å². The molecule has 2 amide bonds. The summed E-state index contributed by atoms with van der Waals surface area (Å²) in [5, 5.41) is 0. The number of likely N-dealkylation sites (tertiary alicyclic amines) is 2. The SMILES string of the molecule is Cc1ccc(C(=O)N2C[C@H]3CCCC(=O)N(Cc4ccccc4)[C@H]3C2)cc1Br. The Morgan fingerprint density at radius 3 is 2.68 bits per heavy atom. The lowest BCUT2D eigenvalue weighted by atomic mass is 9.98. The van der Waals surface area contributed by atoms with Crippen LogP contribution in [0.5, 0.6) is 0 Å². The smallest absolute Gasteiger partial charge is 0.253 e. The molecule has 2 heterocycles. The van der Waals surface area contributed by atoms with E-state index < -0.39 is 0 Å². The average Bonchev–Trinajstić information content (AvgIpc) is 3.06. The quantitative estimate of drug-likeness (QED) is 0.708. The summed E-state index contributed by atoms with van der Waals surface area (Å²) in [5.74, 6) is 0.623. The van der Waals surface area contributed by atoms with Crippen molar-refractivity contribution in [2.24, 2.45) is 5.92 Å². The Morgan fingerprint density at radius 1 is 1.14 bits per heavy atom. The largest absolute Gasteiger partial charge is 0.336 e. The molecule has 0 unspecified atom stereocenters. The number of aryl methyl sites for hydroxylation is 1. The maximum absolute atomic E-state index is 13.1. The fourth-order valence-corrected chi connectivity index (χ4v) is 4.77. The van der Waals surface area contributed by atoms with Crippen molar-refractivity contribution in [2.45, 2.75) is 38.8 Å². The van der Waals surface area contributed by atoms with Crippen molar-refractivity contribution < 1.29 is 9.59 Å². The Hall–Kier alpha value is -2.14. The zero-order valence-electron chi connectivity index (χ0n) is 16.1. The first-order valence-electron chi connectivity index (χ1n) is 9.92. The molecule has 2 aliphatic heterocycles. The van der Waals surface area contributed by atoms with Gasteiger partial charge in [-0.25, -0.2) is 0 Å². The van der Waals surface area contributed by atoms with Gasteiger partial charge in [0, 0.05) is 36.1 Å². The minimum atomic E-state index is 0.0564. The van der Waals surface area contributed by atoms with Gasteiger partial charge in [-0.3, -0.25) is 9.59 Å². The second kappa shape index (κ2) is 8.08. The van der Waals surface area contributed by atoms with E-state index in [1.807, 2.05) is 53.1 Å². The van der Waals surface area contributed by atoms with Gasteiger partial charge in [0.2, 0.25) is 5.91 Å². The van der Waals surface area contributed by atoms with Crippen LogP contribution >= 0.6 is 15.9 Å². The van der Waals surface area contributed by atoms with E-state index in [2.05, 4.69) is 28.1 Å². The van der Waals surface area contributed by atoms with E-state index in [0.717, 1.165) is 35.0 Å². The normalized spacial score (nSPS) is 22.1. The minimum Gasteiger partial charge on any atom is -0.336 e. The fourth-order valence-electron chi connectivity index (χ4n) is 4.39. The molecule has 2 aliphatic rings. The van der Waals surface area contributed by atoms with Crippen LogP contribution in [0.2, 0.25) is 0 Å². The Morgan fingerprint density at radius 2 is 1.93 bits per heavy atom. The Labute approximate surface area is 174 Å². The highest BCUT2D eigenvalue weighted by Crippen LogP contribution is 2.32. The number of amides is 2. The molecule has 0 spiro atoms. The molecule has 2 fully saturated rings. The number of hydrogen-bond donors (Lipinski definition) is 0. The lowest BCUT2D eigenvalue weighted by Gasteiger charge is -2.30. The maximum Gasteiger partial charge on any atom is 0.253 e. The van der Waals surface area contributed by atoms with E-state index in [4.69, 9.17) is 0 Å². The lowest BCUT2D eigenvalue weighted by Crippen LogP contribution is -2.43. The summed E-state index contributed by atoms with van der Waals surface area (Å²) in [5.41, 5.74) is 2.96. The van der Waals surface area contributed by atoms with Gasteiger partial charge in [-0.15, -0.1) is 0 Å². The third kappa shape index (κ3) is 3.86. The minimum absolute atomic E-state index is 0.0564. The number of carbonyl (C=O) groups is 2. The molecule has 28 heavy (non-hydrogen) atoms. The molecule has 0 saturated carbocycles. The van der Waals surface area contributed by atoms with Crippen LogP contribution in [0.15, 0.2) is 53.0 Å². The summed E-state index contributed by atoms with van der Waals surface area (Å²) in [7, 11) is 0. The predicted octanol–water partition coefficient (Wildman–Crippen LogP) is 4.41. The average molecular weight is 441 g/mol. The molecule has 0 bridgehead atoms. The molecular formula is C23H25BrN2O2. The second-order valence-corrected chi connectivity index (χ2v) is 8.76. The van der Waals surface area contributed by atoms with Gasteiger partial charge in [0.25, 0.3) is 5.91 Å². The van der Waals surface area contributed by atoms with Gasteiger partial charge < -0.3 is 9.80 Å². The number of fused-ring (bicyclic) bond motifs is 1. The molecule has 0 aromatic heterocycles. The molecule has 5 heteroatoms. The van der Waals surface area contributed by atoms with Gasteiger partial charge in [-0.1, -0.05) is 52.3 Å². The summed E-state index contributed by atoms with van der Waals surface area (Å²) < 4.78 is 0.952. The van der Waals surface area contributed by atoms with Crippen LogP contribution < -0.4 is 0 Å². The van der Waals surface area contributed by atoms with Gasteiger partial charge >= 0.3 is 0 Å². The maximum atomic E-state index is 13.1. The van der Waals surface area contributed by atoms with Crippen molar-refractivity contribution in [3.05, 3.63) is 69.7 Å². The predicted molar refractivity (Wildman–Crippen MR) is 113 cm³/mol. The first-order chi connectivity index (χ1) is 13.5. The van der Waals surface area contributed by atoms with Crippen molar-refractivity contribution in [3.8, 4) is 0 Å². The van der Waals surface area contributed by atoms with Gasteiger partial charge in [0.1, 0.15) is 0 Å².